The van der Waals surface area contributed by atoms with Gasteiger partial charge in [-0.05, 0) is 85.4 Å². The molecule has 1 saturated carbocycles. The summed E-state index contributed by atoms with van der Waals surface area (Å²) in [5.41, 5.74) is 2.39. The summed E-state index contributed by atoms with van der Waals surface area (Å²) >= 11 is 9.91. The molecule has 168 valence electrons. The van der Waals surface area contributed by atoms with Gasteiger partial charge >= 0.3 is 5.97 Å². The molecule has 1 heterocycles. The van der Waals surface area contributed by atoms with Crippen LogP contribution in [0.15, 0.2) is 45.4 Å². The van der Waals surface area contributed by atoms with E-state index in [0.717, 1.165) is 27.7 Å². The minimum absolute atomic E-state index is 0.0262. The van der Waals surface area contributed by atoms with E-state index < -0.39 is 5.97 Å². The number of benzene rings is 2. The molecule has 4 rings (SSSR count). The molecule has 2 atom stereocenters. The molecule has 3 aromatic rings. The highest BCUT2D eigenvalue weighted by atomic mass is 79.9. The van der Waals surface area contributed by atoms with E-state index in [2.05, 4.69) is 31.4 Å². The normalized spacial score (nSPS) is 18.2. The number of ether oxygens (including phenoxy) is 1. The van der Waals surface area contributed by atoms with Gasteiger partial charge in [-0.2, -0.15) is 4.98 Å². The summed E-state index contributed by atoms with van der Waals surface area (Å²) in [6.07, 6.45) is 2.18. The summed E-state index contributed by atoms with van der Waals surface area (Å²) in [6.45, 7) is 3.88. The molecule has 0 spiro atoms. The monoisotopic (exact) mass is 519 g/mol. The van der Waals surface area contributed by atoms with Crippen LogP contribution in [0.4, 0.5) is 5.69 Å². The molecule has 2 N–H and O–H groups in total. The zero-order chi connectivity index (χ0) is 22.8. The van der Waals surface area contributed by atoms with Crippen LogP contribution in [0.3, 0.4) is 0 Å². The van der Waals surface area contributed by atoms with Crippen molar-refractivity contribution in [3.05, 3.63) is 45.9 Å². The summed E-state index contributed by atoms with van der Waals surface area (Å²) in [5, 5.41) is 17.2. The van der Waals surface area contributed by atoms with E-state index in [1.165, 1.54) is 0 Å². The highest BCUT2D eigenvalue weighted by Gasteiger charge is 2.29. The topological polar surface area (TPSA) is 97.5 Å². The predicted octanol–water partition coefficient (Wildman–Crippen LogP) is 6.27. The van der Waals surface area contributed by atoms with Crippen LogP contribution < -0.4 is 10.1 Å². The second-order valence-corrected chi connectivity index (χ2v) is 9.38. The zero-order valence-corrected chi connectivity index (χ0v) is 20.0. The van der Waals surface area contributed by atoms with Crippen molar-refractivity contribution in [1.82, 2.24) is 10.1 Å². The second-order valence-electron chi connectivity index (χ2n) is 8.12. The van der Waals surface area contributed by atoms with Crippen molar-refractivity contribution in [2.75, 3.05) is 5.32 Å². The largest absolute Gasteiger partial charge is 0.489 e. The van der Waals surface area contributed by atoms with Gasteiger partial charge in [0.2, 0.25) is 5.82 Å². The molecule has 32 heavy (non-hydrogen) atoms. The van der Waals surface area contributed by atoms with Crippen LogP contribution >= 0.6 is 27.5 Å². The number of aromatic nitrogens is 2. The standard InChI is InChI=1S/C23H23BrClN3O4/c1-12(2)31-20-8-5-13(11-18(20)25)21-27-22(32-28-21)14-4-7-19(17(24)10-14)26-16-6-3-15(9-16)23(29)30/h4-5,7-8,10-12,15-16,26H,3,6,9H2,1-2H3,(H,29,30)/t15-,16+/m1/s1. The van der Waals surface area contributed by atoms with Gasteiger partial charge in [0, 0.05) is 27.3 Å². The molecule has 1 fully saturated rings. The highest BCUT2D eigenvalue weighted by Crippen LogP contribution is 2.34. The number of nitrogens with zero attached hydrogens (tertiary/aromatic N) is 2. The lowest BCUT2D eigenvalue weighted by atomic mass is 10.1. The summed E-state index contributed by atoms with van der Waals surface area (Å²) in [7, 11) is 0. The van der Waals surface area contributed by atoms with E-state index in [9.17, 15) is 9.90 Å². The fourth-order valence-electron chi connectivity index (χ4n) is 3.77. The Morgan fingerprint density at radius 3 is 2.69 bits per heavy atom. The Morgan fingerprint density at radius 1 is 1.25 bits per heavy atom. The van der Waals surface area contributed by atoms with Crippen LogP contribution in [-0.2, 0) is 4.79 Å². The first-order chi connectivity index (χ1) is 15.3. The SMILES string of the molecule is CC(C)Oc1ccc(-c2noc(-c3ccc(N[C@H]4CC[C@@H](C(=O)O)C4)c(Br)c3)n2)cc1Cl. The van der Waals surface area contributed by atoms with Gasteiger partial charge < -0.3 is 19.7 Å². The highest BCUT2D eigenvalue weighted by molar-refractivity contribution is 9.10. The van der Waals surface area contributed by atoms with E-state index in [-0.39, 0.29) is 18.1 Å². The van der Waals surface area contributed by atoms with Gasteiger partial charge in [-0.1, -0.05) is 16.8 Å². The van der Waals surface area contributed by atoms with Crippen LogP contribution in [-0.4, -0.2) is 33.4 Å². The predicted molar refractivity (Wildman–Crippen MR) is 126 cm³/mol. The van der Waals surface area contributed by atoms with Crippen LogP contribution in [0.2, 0.25) is 5.02 Å². The average Bonchev–Trinajstić information content (AvgIpc) is 3.41. The summed E-state index contributed by atoms with van der Waals surface area (Å²) in [4.78, 5) is 15.7. The Kier molecular flexibility index (Phi) is 6.71. The molecule has 0 unspecified atom stereocenters. The lowest BCUT2D eigenvalue weighted by Crippen LogP contribution is -2.18. The minimum atomic E-state index is -0.723. The summed E-state index contributed by atoms with van der Waals surface area (Å²) in [5.74, 6) is 0.430. The molecule has 0 amide bonds. The Balaban J connectivity index is 1.48. The minimum Gasteiger partial charge on any atom is -0.489 e. The maximum absolute atomic E-state index is 11.2. The third-order valence-electron chi connectivity index (χ3n) is 5.34. The van der Waals surface area contributed by atoms with Crippen molar-refractivity contribution in [1.29, 1.82) is 0 Å². The zero-order valence-electron chi connectivity index (χ0n) is 17.6. The number of carbonyl (C=O) groups is 1. The van der Waals surface area contributed by atoms with Crippen LogP contribution in [0, 0.1) is 5.92 Å². The number of halogens is 2. The van der Waals surface area contributed by atoms with Gasteiger partial charge in [-0.3, -0.25) is 4.79 Å². The molecule has 1 aromatic heterocycles. The van der Waals surface area contributed by atoms with Gasteiger partial charge in [0.05, 0.1) is 17.0 Å². The first kappa shape index (κ1) is 22.6. The van der Waals surface area contributed by atoms with E-state index in [1.807, 2.05) is 38.1 Å². The Hall–Kier alpha value is -2.58. The fourth-order valence-corrected chi connectivity index (χ4v) is 4.49. The Morgan fingerprint density at radius 2 is 2.03 bits per heavy atom. The van der Waals surface area contributed by atoms with Crippen molar-refractivity contribution < 1.29 is 19.2 Å². The molecular formula is C23H23BrClN3O4. The van der Waals surface area contributed by atoms with E-state index in [0.29, 0.717) is 35.3 Å². The molecule has 1 aliphatic rings. The third-order valence-corrected chi connectivity index (χ3v) is 6.29. The van der Waals surface area contributed by atoms with Crippen molar-refractivity contribution in [3.63, 3.8) is 0 Å². The van der Waals surface area contributed by atoms with Gasteiger partial charge in [0.25, 0.3) is 5.89 Å². The first-order valence-corrected chi connectivity index (χ1v) is 11.6. The van der Waals surface area contributed by atoms with Crippen molar-refractivity contribution in [2.24, 2.45) is 5.92 Å². The molecule has 0 bridgehead atoms. The number of aliphatic carboxylic acids is 1. The van der Waals surface area contributed by atoms with Crippen molar-refractivity contribution >= 4 is 39.2 Å². The van der Waals surface area contributed by atoms with Gasteiger partial charge in [0.1, 0.15) is 5.75 Å². The third kappa shape index (κ3) is 5.07. The van der Waals surface area contributed by atoms with E-state index in [4.69, 9.17) is 20.9 Å². The first-order valence-electron chi connectivity index (χ1n) is 10.4. The maximum atomic E-state index is 11.2. The molecule has 7 nitrogen and oxygen atoms in total. The number of hydrogen-bond donors (Lipinski definition) is 2. The smallest absolute Gasteiger partial charge is 0.306 e. The van der Waals surface area contributed by atoms with Crippen LogP contribution in [0.1, 0.15) is 33.1 Å². The molecule has 1 aliphatic carbocycles. The van der Waals surface area contributed by atoms with Crippen LogP contribution in [0.25, 0.3) is 22.8 Å². The number of hydrogen-bond acceptors (Lipinski definition) is 6. The molecule has 0 aliphatic heterocycles. The number of carboxylic acids is 1. The Bertz CT molecular complexity index is 1130. The number of rotatable bonds is 7. The van der Waals surface area contributed by atoms with E-state index >= 15 is 0 Å². The van der Waals surface area contributed by atoms with Gasteiger partial charge in [-0.25, -0.2) is 0 Å². The van der Waals surface area contributed by atoms with Gasteiger partial charge in [-0.15, -0.1) is 0 Å². The summed E-state index contributed by atoms with van der Waals surface area (Å²) in [6, 6.07) is 11.2. The van der Waals surface area contributed by atoms with Gasteiger partial charge in [0.15, 0.2) is 0 Å². The number of anilines is 1. The Labute approximate surface area is 199 Å². The maximum Gasteiger partial charge on any atom is 0.306 e. The lowest BCUT2D eigenvalue weighted by molar-refractivity contribution is -0.141. The number of carboxylic acid groups (broad SMARTS) is 1. The molecule has 0 radical (unpaired) electrons. The van der Waals surface area contributed by atoms with E-state index in [1.54, 1.807) is 12.1 Å². The fraction of sp³-hybridized carbons (Fsp3) is 0.348. The second kappa shape index (κ2) is 9.50. The quantitative estimate of drug-likeness (QED) is 0.379. The van der Waals surface area contributed by atoms with Crippen LogP contribution in [0.5, 0.6) is 5.75 Å². The van der Waals surface area contributed by atoms with Crippen molar-refractivity contribution in [3.8, 4) is 28.6 Å². The molecule has 9 heteroatoms. The lowest BCUT2D eigenvalue weighted by Gasteiger charge is -2.15. The van der Waals surface area contributed by atoms with Crippen molar-refractivity contribution in [2.45, 2.75) is 45.3 Å². The molecular weight excluding hydrogens is 498 g/mol. The number of nitrogens with one attached hydrogen (secondary N) is 1. The molecule has 0 saturated heterocycles. The average molecular weight is 521 g/mol. The summed E-state index contributed by atoms with van der Waals surface area (Å²) < 4.78 is 12.0. The molecule has 2 aromatic carbocycles.